The number of rotatable bonds is 6. The summed E-state index contributed by atoms with van der Waals surface area (Å²) in [6.45, 7) is -1.61. The zero-order valence-electron chi connectivity index (χ0n) is 20.7. The first-order valence-electron chi connectivity index (χ1n) is 12.3. The van der Waals surface area contributed by atoms with E-state index in [1.54, 1.807) is 30.5 Å². The summed E-state index contributed by atoms with van der Waals surface area (Å²) in [5.41, 5.74) is 3.05. The lowest BCUT2D eigenvalue weighted by atomic mass is 9.88. The van der Waals surface area contributed by atoms with E-state index >= 15 is 0 Å². The highest BCUT2D eigenvalue weighted by molar-refractivity contribution is 5.89. The first-order chi connectivity index (χ1) is 18.6. The number of carbonyl (C=O) groups excluding carboxylic acids is 1. The zero-order chi connectivity index (χ0) is 27.5. The van der Waals surface area contributed by atoms with Crippen LogP contribution in [-0.4, -0.2) is 90.2 Å². The van der Waals surface area contributed by atoms with Gasteiger partial charge in [0.25, 0.3) is 11.8 Å². The Balaban J connectivity index is 1.30. The number of nitrogens with zero attached hydrogens (tertiary/aromatic N) is 7. The number of nitrogens with one attached hydrogen (secondary N) is 1. The van der Waals surface area contributed by atoms with Gasteiger partial charge >= 0.3 is 0 Å². The van der Waals surface area contributed by atoms with E-state index in [0.717, 1.165) is 10.5 Å². The molecule has 1 aromatic carbocycles. The molecule has 1 saturated heterocycles. The number of benzene rings is 1. The molecule has 1 amide bonds. The van der Waals surface area contributed by atoms with E-state index in [0.29, 0.717) is 22.1 Å². The lowest BCUT2D eigenvalue weighted by molar-refractivity contribution is -0.145. The molecule has 2 aliphatic rings. The largest absolute Gasteiger partial charge is 0.479 e. The topological polar surface area (TPSA) is 123 Å². The van der Waals surface area contributed by atoms with Crippen molar-refractivity contribution in [1.29, 1.82) is 0 Å². The summed E-state index contributed by atoms with van der Waals surface area (Å²) in [7, 11) is 1.40. The number of likely N-dealkylation sites (tertiary alicyclic amines) is 1. The van der Waals surface area contributed by atoms with Gasteiger partial charge in [0.15, 0.2) is 0 Å². The predicted octanol–water partition coefficient (Wildman–Crippen LogP) is 2.76. The summed E-state index contributed by atoms with van der Waals surface area (Å²) >= 11 is 0. The van der Waals surface area contributed by atoms with Crippen molar-refractivity contribution in [1.82, 2.24) is 34.5 Å². The number of methoxy groups -OCH3 is 1. The molecule has 0 radical (unpaired) electrons. The SMILES string of the molecule is COc1nc(N[C@@H]2CCN(C(=O)CO)CC2(F)F)nn2ccc(-c3ccc4nnn(C5CC(F)(F)C5)c4c3)c12. The minimum atomic E-state index is -3.28. The Bertz CT molecular complexity index is 1560. The van der Waals surface area contributed by atoms with Gasteiger partial charge in [0.2, 0.25) is 17.7 Å². The maximum Gasteiger partial charge on any atom is 0.285 e. The smallest absolute Gasteiger partial charge is 0.285 e. The van der Waals surface area contributed by atoms with Crippen LogP contribution in [0.5, 0.6) is 5.88 Å². The van der Waals surface area contributed by atoms with Gasteiger partial charge in [-0.15, -0.1) is 10.2 Å². The Morgan fingerprint density at radius 3 is 2.72 bits per heavy atom. The second-order valence-electron chi connectivity index (χ2n) is 9.84. The van der Waals surface area contributed by atoms with E-state index in [2.05, 4.69) is 25.7 Å². The zero-order valence-corrected chi connectivity index (χ0v) is 20.7. The van der Waals surface area contributed by atoms with E-state index in [1.807, 2.05) is 0 Å². The summed E-state index contributed by atoms with van der Waals surface area (Å²) in [6, 6.07) is 5.33. The van der Waals surface area contributed by atoms with Gasteiger partial charge in [-0.1, -0.05) is 11.3 Å². The number of amides is 1. The van der Waals surface area contributed by atoms with Crippen molar-refractivity contribution in [3.8, 4) is 17.0 Å². The second kappa shape index (κ2) is 9.03. The molecule has 1 atom stereocenters. The third-order valence-electron chi connectivity index (χ3n) is 7.26. The van der Waals surface area contributed by atoms with E-state index in [9.17, 15) is 22.4 Å². The minimum Gasteiger partial charge on any atom is -0.479 e. The van der Waals surface area contributed by atoms with Crippen molar-refractivity contribution in [3.63, 3.8) is 0 Å². The molecule has 11 nitrogen and oxygen atoms in total. The van der Waals surface area contributed by atoms with Crippen molar-refractivity contribution in [2.24, 2.45) is 0 Å². The highest BCUT2D eigenvalue weighted by Gasteiger charge is 2.48. The number of halogens is 4. The summed E-state index contributed by atoms with van der Waals surface area (Å²) < 4.78 is 65.0. The number of ether oxygens (including phenoxy) is 1. The number of fused-ring (bicyclic) bond motifs is 2. The molecule has 206 valence electrons. The molecule has 1 aliphatic heterocycles. The molecule has 1 saturated carbocycles. The number of aliphatic hydroxyl groups excluding tert-OH is 1. The monoisotopic (exact) mass is 548 g/mol. The second-order valence-corrected chi connectivity index (χ2v) is 9.84. The molecule has 3 aromatic heterocycles. The van der Waals surface area contributed by atoms with E-state index in [-0.39, 0.29) is 37.6 Å². The minimum absolute atomic E-state index is 0.0477. The molecule has 2 N–H and O–H groups in total. The Hall–Kier alpha value is -4.01. The molecule has 0 bridgehead atoms. The molecule has 0 unspecified atom stereocenters. The number of piperidine rings is 1. The Morgan fingerprint density at radius 2 is 2.03 bits per heavy atom. The lowest BCUT2D eigenvalue weighted by Crippen LogP contribution is -2.56. The van der Waals surface area contributed by atoms with Crippen LogP contribution in [0.25, 0.3) is 27.7 Å². The van der Waals surface area contributed by atoms with Crippen LogP contribution >= 0.6 is 0 Å². The number of alkyl halides is 4. The van der Waals surface area contributed by atoms with E-state index in [4.69, 9.17) is 9.84 Å². The van der Waals surface area contributed by atoms with Gasteiger partial charge in [-0.2, -0.15) is 4.98 Å². The quantitative estimate of drug-likeness (QED) is 0.353. The molecule has 39 heavy (non-hydrogen) atoms. The predicted molar refractivity (Wildman–Crippen MR) is 130 cm³/mol. The fourth-order valence-corrected chi connectivity index (χ4v) is 5.19. The van der Waals surface area contributed by atoms with Crippen molar-refractivity contribution < 1.29 is 32.2 Å². The third kappa shape index (κ3) is 4.39. The van der Waals surface area contributed by atoms with Crippen molar-refractivity contribution in [2.45, 2.75) is 43.2 Å². The first-order valence-corrected chi connectivity index (χ1v) is 12.3. The van der Waals surface area contributed by atoms with Gasteiger partial charge in [0.1, 0.15) is 17.6 Å². The highest BCUT2D eigenvalue weighted by atomic mass is 19.3. The Morgan fingerprint density at radius 1 is 1.23 bits per heavy atom. The van der Waals surface area contributed by atoms with Crippen LogP contribution in [0.3, 0.4) is 0 Å². The van der Waals surface area contributed by atoms with Crippen LogP contribution in [0.2, 0.25) is 0 Å². The Labute approximate surface area is 218 Å². The highest BCUT2D eigenvalue weighted by Crippen LogP contribution is 2.46. The number of aliphatic hydroxyl groups is 1. The molecule has 15 heteroatoms. The first kappa shape index (κ1) is 25.3. The molecule has 0 spiro atoms. The molecule has 4 heterocycles. The lowest BCUT2D eigenvalue weighted by Gasteiger charge is -2.38. The number of aromatic nitrogens is 6. The van der Waals surface area contributed by atoms with Crippen molar-refractivity contribution in [3.05, 3.63) is 30.5 Å². The van der Waals surface area contributed by atoms with Crippen LogP contribution in [0.1, 0.15) is 25.3 Å². The number of hydrogen-bond donors (Lipinski definition) is 2. The van der Waals surface area contributed by atoms with Gasteiger partial charge in [-0.3, -0.25) is 4.79 Å². The van der Waals surface area contributed by atoms with Crippen LogP contribution < -0.4 is 10.1 Å². The Kier molecular flexibility index (Phi) is 5.86. The normalized spacial score (nSPS) is 20.8. The maximum atomic E-state index is 14.8. The average molecular weight is 549 g/mol. The number of anilines is 1. The van der Waals surface area contributed by atoms with Gasteiger partial charge in [-0.05, 0) is 30.2 Å². The van der Waals surface area contributed by atoms with Gasteiger partial charge in [0, 0.05) is 31.1 Å². The molecule has 4 aromatic rings. The van der Waals surface area contributed by atoms with Crippen LogP contribution in [0.15, 0.2) is 30.5 Å². The van der Waals surface area contributed by atoms with Gasteiger partial charge < -0.3 is 20.1 Å². The van der Waals surface area contributed by atoms with Gasteiger partial charge in [0.05, 0.1) is 31.3 Å². The third-order valence-corrected chi connectivity index (χ3v) is 7.26. The fraction of sp³-hybridized carbons (Fsp3) is 0.458. The summed E-state index contributed by atoms with van der Waals surface area (Å²) in [5, 5.41) is 24.2. The van der Waals surface area contributed by atoms with E-state index in [1.165, 1.54) is 16.3 Å². The fourth-order valence-electron chi connectivity index (χ4n) is 5.19. The molecular formula is C24H24F4N8O3. The van der Waals surface area contributed by atoms with Crippen LogP contribution in [0.4, 0.5) is 23.5 Å². The summed E-state index contributed by atoms with van der Waals surface area (Å²) in [6.07, 6.45) is 0.969. The average Bonchev–Trinajstić information content (AvgIpc) is 3.51. The molecule has 1 aliphatic carbocycles. The van der Waals surface area contributed by atoms with Crippen molar-refractivity contribution in [2.75, 3.05) is 32.1 Å². The standard InChI is InChI=1S/C24H24F4N8O3/c1-39-21-20-15(13-2-3-16-17(8-13)36(33-31-16)14-9-23(25,26)10-14)4-7-35(20)32-22(30-21)29-18-5-6-34(19(38)11-37)12-24(18,27)28/h2-4,7-8,14,18,37H,5-6,9-12H2,1H3,(H,29,32)/t18-/m1/s1. The maximum absolute atomic E-state index is 14.8. The summed E-state index contributed by atoms with van der Waals surface area (Å²) in [4.78, 5) is 16.9. The molecule has 6 rings (SSSR count). The van der Waals surface area contributed by atoms with E-state index < -0.39 is 43.0 Å². The van der Waals surface area contributed by atoms with Gasteiger partial charge in [-0.25, -0.2) is 26.8 Å². The molecule has 2 fully saturated rings. The van der Waals surface area contributed by atoms with Crippen LogP contribution in [0, 0.1) is 0 Å². The van der Waals surface area contributed by atoms with Crippen LogP contribution in [-0.2, 0) is 4.79 Å². The molecular weight excluding hydrogens is 524 g/mol. The van der Waals surface area contributed by atoms with Crippen molar-refractivity contribution >= 4 is 28.4 Å². The number of hydrogen-bond acceptors (Lipinski definition) is 8. The summed E-state index contributed by atoms with van der Waals surface area (Å²) in [5.74, 6) is -6.69. The number of carbonyl (C=O) groups is 1.